The van der Waals surface area contributed by atoms with Crippen molar-refractivity contribution >= 4 is 51.1 Å². The number of carbonyl (C=O) groups is 1. The highest BCUT2D eigenvalue weighted by atomic mass is 127. The van der Waals surface area contributed by atoms with Crippen LogP contribution in [0.2, 0.25) is 0 Å². The lowest BCUT2D eigenvalue weighted by Crippen LogP contribution is -2.34. The quantitative estimate of drug-likeness (QED) is 0.554. The van der Waals surface area contributed by atoms with Gasteiger partial charge in [0, 0.05) is 12.7 Å². The van der Waals surface area contributed by atoms with E-state index in [1.54, 1.807) is 6.07 Å². The minimum atomic E-state index is -0.755. The average molecular weight is 445 g/mol. The molecule has 2 N–H and O–H groups in total. The molecule has 0 aliphatic rings. The van der Waals surface area contributed by atoms with Gasteiger partial charge in [0.05, 0.1) is 0 Å². The standard InChI is InChI=1S/C11H13I2NO2/c1-2-3-10(15)14-11(16)7-4-5-8(12)9(13)6-7/h4-6,10,15H,2-3H2,1H3,(H,14,16). The lowest BCUT2D eigenvalue weighted by Gasteiger charge is -2.12. The molecule has 0 spiro atoms. The molecule has 5 heteroatoms. The number of carbonyl (C=O) groups excluding carboxylic acids is 1. The number of amides is 1. The van der Waals surface area contributed by atoms with E-state index in [0.717, 1.165) is 13.6 Å². The first kappa shape index (κ1) is 14.2. The van der Waals surface area contributed by atoms with Gasteiger partial charge in [-0.05, 0) is 69.8 Å². The van der Waals surface area contributed by atoms with Gasteiger partial charge < -0.3 is 10.4 Å². The molecule has 16 heavy (non-hydrogen) atoms. The molecule has 0 aromatic heterocycles. The summed E-state index contributed by atoms with van der Waals surface area (Å²) < 4.78 is 2.15. The summed E-state index contributed by atoms with van der Waals surface area (Å²) in [6.07, 6.45) is 0.660. The summed E-state index contributed by atoms with van der Waals surface area (Å²) in [4.78, 5) is 11.7. The van der Waals surface area contributed by atoms with Gasteiger partial charge in [-0.25, -0.2) is 0 Å². The van der Waals surface area contributed by atoms with E-state index in [0.29, 0.717) is 12.0 Å². The second-order valence-corrected chi connectivity index (χ2v) is 5.73. The molecule has 0 heterocycles. The van der Waals surface area contributed by atoms with Crippen molar-refractivity contribution in [2.45, 2.75) is 26.0 Å². The van der Waals surface area contributed by atoms with E-state index in [1.165, 1.54) is 0 Å². The molecule has 0 saturated heterocycles. The number of aliphatic hydroxyl groups is 1. The Hall–Kier alpha value is 0.110. The second kappa shape index (κ2) is 6.75. The van der Waals surface area contributed by atoms with E-state index >= 15 is 0 Å². The van der Waals surface area contributed by atoms with E-state index in [1.807, 2.05) is 19.1 Å². The predicted octanol–water partition coefficient (Wildman–Crippen LogP) is 2.74. The maximum Gasteiger partial charge on any atom is 0.253 e. The fourth-order valence-electron chi connectivity index (χ4n) is 1.22. The smallest absolute Gasteiger partial charge is 0.253 e. The Morgan fingerprint density at radius 2 is 2.12 bits per heavy atom. The zero-order chi connectivity index (χ0) is 12.1. The largest absolute Gasteiger partial charge is 0.374 e. The summed E-state index contributed by atoms with van der Waals surface area (Å²) in [5.74, 6) is -0.227. The van der Waals surface area contributed by atoms with Crippen molar-refractivity contribution in [3.8, 4) is 0 Å². The lowest BCUT2D eigenvalue weighted by molar-refractivity contribution is 0.0763. The fraction of sp³-hybridized carbons (Fsp3) is 0.364. The molecular weight excluding hydrogens is 432 g/mol. The van der Waals surface area contributed by atoms with Crippen LogP contribution in [0.1, 0.15) is 30.1 Å². The highest BCUT2D eigenvalue weighted by Gasteiger charge is 2.11. The number of hydrogen-bond donors (Lipinski definition) is 2. The highest BCUT2D eigenvalue weighted by molar-refractivity contribution is 14.1. The summed E-state index contributed by atoms with van der Waals surface area (Å²) in [5.41, 5.74) is 0.583. The SMILES string of the molecule is CCCC(O)NC(=O)c1ccc(I)c(I)c1. The highest BCUT2D eigenvalue weighted by Crippen LogP contribution is 2.16. The van der Waals surface area contributed by atoms with E-state index in [9.17, 15) is 9.90 Å². The van der Waals surface area contributed by atoms with Crippen LogP contribution in [0.3, 0.4) is 0 Å². The van der Waals surface area contributed by atoms with Crippen LogP contribution in [0.4, 0.5) is 0 Å². The molecule has 3 nitrogen and oxygen atoms in total. The molecule has 1 amide bonds. The Balaban J connectivity index is 2.69. The van der Waals surface area contributed by atoms with Crippen LogP contribution in [0.15, 0.2) is 18.2 Å². The van der Waals surface area contributed by atoms with Crippen LogP contribution in [-0.2, 0) is 0 Å². The van der Waals surface area contributed by atoms with Gasteiger partial charge in [-0.3, -0.25) is 4.79 Å². The van der Waals surface area contributed by atoms with Crippen LogP contribution < -0.4 is 5.32 Å². The molecule has 1 aromatic rings. The molecule has 88 valence electrons. The van der Waals surface area contributed by atoms with Crippen molar-refractivity contribution in [1.82, 2.24) is 5.32 Å². The van der Waals surface area contributed by atoms with Crippen molar-refractivity contribution < 1.29 is 9.90 Å². The van der Waals surface area contributed by atoms with Gasteiger partial charge in [0.1, 0.15) is 6.23 Å². The third kappa shape index (κ3) is 4.17. The maximum atomic E-state index is 11.7. The van der Waals surface area contributed by atoms with Gasteiger partial charge in [-0.15, -0.1) is 0 Å². The topological polar surface area (TPSA) is 49.3 Å². The van der Waals surface area contributed by atoms with Crippen molar-refractivity contribution in [1.29, 1.82) is 0 Å². The number of benzene rings is 1. The summed E-state index contributed by atoms with van der Waals surface area (Å²) in [6, 6.07) is 5.47. The number of hydrogen-bond acceptors (Lipinski definition) is 2. The lowest BCUT2D eigenvalue weighted by atomic mass is 10.2. The maximum absolute atomic E-state index is 11.7. The molecule has 1 atom stereocenters. The number of aliphatic hydroxyl groups excluding tert-OH is 1. The first-order valence-electron chi connectivity index (χ1n) is 4.98. The third-order valence-corrected chi connectivity index (χ3v) is 4.91. The van der Waals surface area contributed by atoms with E-state index in [4.69, 9.17) is 0 Å². The van der Waals surface area contributed by atoms with Gasteiger partial charge in [0.2, 0.25) is 0 Å². The molecule has 1 unspecified atom stereocenters. The summed E-state index contributed by atoms with van der Waals surface area (Å²) in [6.45, 7) is 1.96. The number of halogens is 2. The third-order valence-electron chi connectivity index (χ3n) is 2.04. The van der Waals surface area contributed by atoms with Crippen molar-refractivity contribution in [2.24, 2.45) is 0 Å². The van der Waals surface area contributed by atoms with Gasteiger partial charge in [-0.1, -0.05) is 13.3 Å². The van der Waals surface area contributed by atoms with Crippen LogP contribution >= 0.6 is 45.2 Å². The molecule has 0 radical (unpaired) electrons. The Morgan fingerprint density at radius 3 is 2.69 bits per heavy atom. The Labute approximate surface area is 122 Å². The number of rotatable bonds is 4. The zero-order valence-corrected chi connectivity index (χ0v) is 13.2. The van der Waals surface area contributed by atoms with Crippen molar-refractivity contribution in [3.05, 3.63) is 30.9 Å². The summed E-state index contributed by atoms with van der Waals surface area (Å²) in [5, 5.41) is 12.0. The molecule has 1 rings (SSSR count). The minimum Gasteiger partial charge on any atom is -0.374 e. The fourth-order valence-corrected chi connectivity index (χ4v) is 2.07. The predicted molar refractivity (Wildman–Crippen MR) is 80.3 cm³/mol. The van der Waals surface area contributed by atoms with E-state index in [-0.39, 0.29) is 5.91 Å². The summed E-state index contributed by atoms with van der Waals surface area (Å²) >= 11 is 4.40. The zero-order valence-electron chi connectivity index (χ0n) is 8.84. The normalized spacial score (nSPS) is 12.2. The molecular formula is C11H13I2NO2. The molecule has 0 bridgehead atoms. The van der Waals surface area contributed by atoms with Crippen molar-refractivity contribution in [2.75, 3.05) is 0 Å². The molecule has 0 aliphatic heterocycles. The van der Waals surface area contributed by atoms with Gasteiger partial charge in [0.25, 0.3) is 5.91 Å². The van der Waals surface area contributed by atoms with E-state index in [2.05, 4.69) is 50.5 Å². The van der Waals surface area contributed by atoms with Gasteiger partial charge in [0.15, 0.2) is 0 Å². The molecule has 0 fully saturated rings. The van der Waals surface area contributed by atoms with Gasteiger partial charge in [-0.2, -0.15) is 0 Å². The molecule has 0 aliphatic carbocycles. The van der Waals surface area contributed by atoms with Crippen LogP contribution in [0, 0.1) is 7.14 Å². The first-order chi connectivity index (χ1) is 7.54. The minimum absolute atomic E-state index is 0.227. The molecule has 0 saturated carbocycles. The Morgan fingerprint density at radius 1 is 1.44 bits per heavy atom. The Bertz CT molecular complexity index is 382. The second-order valence-electron chi connectivity index (χ2n) is 3.41. The molecule has 1 aromatic carbocycles. The summed E-state index contributed by atoms with van der Waals surface area (Å²) in [7, 11) is 0. The van der Waals surface area contributed by atoms with Crippen LogP contribution in [0.5, 0.6) is 0 Å². The van der Waals surface area contributed by atoms with Crippen LogP contribution in [-0.4, -0.2) is 17.2 Å². The van der Waals surface area contributed by atoms with E-state index < -0.39 is 6.23 Å². The monoisotopic (exact) mass is 445 g/mol. The number of nitrogens with one attached hydrogen (secondary N) is 1. The van der Waals surface area contributed by atoms with Crippen LogP contribution in [0.25, 0.3) is 0 Å². The van der Waals surface area contributed by atoms with Gasteiger partial charge >= 0.3 is 0 Å². The average Bonchev–Trinajstić information content (AvgIpc) is 2.22. The Kier molecular flexibility index (Phi) is 5.98. The first-order valence-corrected chi connectivity index (χ1v) is 7.14. The van der Waals surface area contributed by atoms with Crippen molar-refractivity contribution in [3.63, 3.8) is 0 Å².